The van der Waals surface area contributed by atoms with Gasteiger partial charge in [0.25, 0.3) is 0 Å². The minimum Gasteiger partial charge on any atom is -0.384 e. The minimum absolute atomic E-state index is 0.0155. The van der Waals surface area contributed by atoms with Crippen LogP contribution in [-0.2, 0) is 40.8 Å². The number of rotatable bonds is 8. The second kappa shape index (κ2) is 12.1. The fourth-order valence-corrected chi connectivity index (χ4v) is 5.98. The van der Waals surface area contributed by atoms with Gasteiger partial charge in [-0.25, -0.2) is 13.2 Å². The van der Waals surface area contributed by atoms with Crippen LogP contribution < -0.4 is 11.1 Å². The lowest BCUT2D eigenvalue weighted by Crippen LogP contribution is -2.36. The van der Waals surface area contributed by atoms with Crippen molar-refractivity contribution in [3.8, 4) is 0 Å². The van der Waals surface area contributed by atoms with Crippen LogP contribution in [0.2, 0.25) is 0 Å². The molecular weight excluding hydrogens is 604 g/mol. The molecule has 8 nitrogen and oxygen atoms in total. The van der Waals surface area contributed by atoms with Crippen LogP contribution in [0.3, 0.4) is 0 Å². The molecule has 0 saturated heterocycles. The fraction of sp³-hybridized carbons (Fsp3) is 0.355. The Bertz CT molecular complexity index is 1680. The Morgan fingerprint density at radius 2 is 1.93 bits per heavy atom. The third kappa shape index (κ3) is 6.80. The zero-order valence-corrected chi connectivity index (χ0v) is 23.9. The number of amides is 2. The van der Waals surface area contributed by atoms with Crippen molar-refractivity contribution in [3.05, 3.63) is 100 Å². The normalized spacial score (nSPS) is 22.0. The zero-order chi connectivity index (χ0) is 32.7. The Morgan fingerprint density at radius 3 is 2.60 bits per heavy atom. The molecule has 2 aliphatic carbocycles. The molecule has 45 heavy (non-hydrogen) atoms. The van der Waals surface area contributed by atoms with Crippen molar-refractivity contribution >= 4 is 17.4 Å². The van der Waals surface area contributed by atoms with Crippen molar-refractivity contribution in [2.45, 2.75) is 63.1 Å². The standard InChI is InChI=1S/C31H29F6N5O3/c1-30(45)8-2-4-21-27(31(35,36)37)41-42(28(21)30)15-25(43)40-24(12-16-10-18(32)14-19(33)11-16)26-20(5-3-9-39-26)17-6-7-23(34)22(13-17)29(38)44/h3,5-7,9-11,13-14,22-24,45H,2,4,8,12,15H2,1H3,(H2,38,44)(H,40,43)/t22?,23?,24-,30?/m0/s1. The number of nitrogens with zero attached hydrogens (tertiary/aromatic N) is 3. The number of halogens is 6. The number of allylic oxidation sites excluding steroid dienone is 3. The second-order valence-corrected chi connectivity index (χ2v) is 11.4. The van der Waals surface area contributed by atoms with Gasteiger partial charge in [-0.3, -0.25) is 19.3 Å². The molecule has 238 valence electrons. The Balaban J connectivity index is 1.53. The molecule has 4 N–H and O–H groups in total. The highest BCUT2D eigenvalue weighted by Gasteiger charge is 2.44. The van der Waals surface area contributed by atoms with Crippen LogP contribution in [0.15, 0.2) is 54.8 Å². The number of hydrogen-bond donors (Lipinski definition) is 3. The highest BCUT2D eigenvalue weighted by molar-refractivity contribution is 5.86. The van der Waals surface area contributed by atoms with E-state index in [0.29, 0.717) is 23.6 Å². The van der Waals surface area contributed by atoms with Gasteiger partial charge >= 0.3 is 6.18 Å². The molecule has 0 bridgehead atoms. The Morgan fingerprint density at radius 1 is 1.22 bits per heavy atom. The SMILES string of the molecule is CC1(O)CCCc2c(C(F)(F)F)nn(CC(=O)N[C@@H](Cc3cc(F)cc(F)c3)c3ncccc3C3=CC(C(N)=O)C(F)C=C3)c21. The lowest BCUT2D eigenvalue weighted by atomic mass is 9.84. The van der Waals surface area contributed by atoms with Gasteiger partial charge < -0.3 is 16.2 Å². The maximum Gasteiger partial charge on any atom is 0.435 e. The summed E-state index contributed by atoms with van der Waals surface area (Å²) in [6.07, 6.45) is -1.00. The van der Waals surface area contributed by atoms with Crippen LogP contribution >= 0.6 is 0 Å². The lowest BCUT2D eigenvalue weighted by Gasteiger charge is -2.30. The number of fused-ring (bicyclic) bond motifs is 1. The van der Waals surface area contributed by atoms with E-state index in [1.54, 1.807) is 12.1 Å². The topological polar surface area (TPSA) is 123 Å². The maximum atomic E-state index is 14.4. The molecule has 0 radical (unpaired) electrons. The Kier molecular flexibility index (Phi) is 8.62. The van der Waals surface area contributed by atoms with Crippen LogP contribution in [0.5, 0.6) is 0 Å². The minimum atomic E-state index is -4.82. The van der Waals surface area contributed by atoms with Crippen LogP contribution in [0, 0.1) is 17.6 Å². The summed E-state index contributed by atoms with van der Waals surface area (Å²) in [5, 5.41) is 17.3. The molecule has 0 aliphatic heterocycles. The average Bonchev–Trinajstić information content (AvgIpc) is 3.32. The summed E-state index contributed by atoms with van der Waals surface area (Å²) in [6, 6.07) is 4.79. The third-order valence-corrected chi connectivity index (χ3v) is 7.88. The number of carbonyl (C=O) groups excluding carboxylic acids is 2. The van der Waals surface area contributed by atoms with Gasteiger partial charge in [-0.05, 0) is 68.0 Å². The van der Waals surface area contributed by atoms with E-state index in [4.69, 9.17) is 5.73 Å². The summed E-state index contributed by atoms with van der Waals surface area (Å²) in [5.41, 5.74) is 3.17. The molecule has 3 unspecified atom stereocenters. The quantitative estimate of drug-likeness (QED) is 0.313. The van der Waals surface area contributed by atoms with Crippen molar-refractivity contribution in [3.63, 3.8) is 0 Å². The van der Waals surface area contributed by atoms with Gasteiger partial charge in [0.1, 0.15) is 30.0 Å². The van der Waals surface area contributed by atoms with Gasteiger partial charge in [0.15, 0.2) is 5.69 Å². The lowest BCUT2D eigenvalue weighted by molar-refractivity contribution is -0.142. The number of carbonyl (C=O) groups is 2. The Labute approximate surface area is 253 Å². The highest BCUT2D eigenvalue weighted by atomic mass is 19.4. The van der Waals surface area contributed by atoms with Gasteiger partial charge in [-0.2, -0.15) is 18.3 Å². The molecule has 2 heterocycles. The van der Waals surface area contributed by atoms with E-state index in [0.717, 1.165) is 22.9 Å². The molecule has 2 aliphatic rings. The number of nitrogens with two attached hydrogens (primary N) is 1. The monoisotopic (exact) mass is 633 g/mol. The van der Waals surface area contributed by atoms with Crippen molar-refractivity contribution in [2.24, 2.45) is 11.7 Å². The van der Waals surface area contributed by atoms with E-state index >= 15 is 0 Å². The average molecular weight is 634 g/mol. The number of alkyl halides is 4. The molecular formula is C31H29F6N5O3. The summed E-state index contributed by atoms with van der Waals surface area (Å²) in [4.78, 5) is 29.7. The number of nitrogens with one attached hydrogen (secondary N) is 1. The van der Waals surface area contributed by atoms with Crippen LogP contribution in [0.4, 0.5) is 26.3 Å². The largest absolute Gasteiger partial charge is 0.435 e. The first-order valence-electron chi connectivity index (χ1n) is 14.1. The first-order valence-corrected chi connectivity index (χ1v) is 14.1. The molecule has 4 atom stereocenters. The summed E-state index contributed by atoms with van der Waals surface area (Å²) in [5.74, 6) is -4.78. The van der Waals surface area contributed by atoms with Crippen molar-refractivity contribution in [1.82, 2.24) is 20.1 Å². The molecule has 1 aromatic carbocycles. The second-order valence-electron chi connectivity index (χ2n) is 11.4. The van der Waals surface area contributed by atoms with Crippen molar-refractivity contribution in [1.29, 1.82) is 0 Å². The summed E-state index contributed by atoms with van der Waals surface area (Å²) < 4.78 is 85.0. The molecule has 3 aromatic rings. The number of aromatic nitrogens is 3. The first-order chi connectivity index (χ1) is 21.1. The van der Waals surface area contributed by atoms with Gasteiger partial charge in [0, 0.05) is 23.4 Å². The number of hydrogen-bond acceptors (Lipinski definition) is 5. The molecule has 14 heteroatoms. The van der Waals surface area contributed by atoms with Crippen LogP contribution in [-0.4, -0.2) is 37.9 Å². The fourth-order valence-electron chi connectivity index (χ4n) is 5.98. The van der Waals surface area contributed by atoms with Gasteiger partial charge in [0.2, 0.25) is 11.8 Å². The van der Waals surface area contributed by atoms with E-state index in [1.165, 1.54) is 25.3 Å². The Hall–Kier alpha value is -4.46. The zero-order valence-electron chi connectivity index (χ0n) is 23.9. The third-order valence-electron chi connectivity index (χ3n) is 7.88. The summed E-state index contributed by atoms with van der Waals surface area (Å²) in [6.45, 7) is 0.635. The molecule has 0 spiro atoms. The van der Waals surface area contributed by atoms with Gasteiger partial charge in [0.05, 0.1) is 23.3 Å². The predicted octanol–water partition coefficient (Wildman–Crippen LogP) is 4.61. The van der Waals surface area contributed by atoms with Crippen molar-refractivity contribution < 1.29 is 41.0 Å². The smallest absolute Gasteiger partial charge is 0.384 e. The molecule has 2 aromatic heterocycles. The van der Waals surface area contributed by atoms with E-state index < -0.39 is 65.6 Å². The van der Waals surface area contributed by atoms with E-state index in [1.807, 2.05) is 0 Å². The highest BCUT2D eigenvalue weighted by Crippen LogP contribution is 2.42. The summed E-state index contributed by atoms with van der Waals surface area (Å²) in [7, 11) is 0. The molecule has 0 fully saturated rings. The van der Waals surface area contributed by atoms with Gasteiger partial charge in [-0.1, -0.05) is 18.2 Å². The van der Waals surface area contributed by atoms with Crippen LogP contribution in [0.25, 0.3) is 5.57 Å². The number of benzene rings is 1. The predicted molar refractivity (Wildman–Crippen MR) is 150 cm³/mol. The number of aliphatic hydroxyl groups is 1. The maximum absolute atomic E-state index is 14.4. The number of pyridine rings is 1. The molecule has 2 amide bonds. The summed E-state index contributed by atoms with van der Waals surface area (Å²) >= 11 is 0. The first kappa shape index (κ1) is 31.9. The van der Waals surface area contributed by atoms with E-state index in [-0.39, 0.29) is 41.8 Å². The van der Waals surface area contributed by atoms with Gasteiger partial charge in [-0.15, -0.1) is 0 Å². The van der Waals surface area contributed by atoms with Crippen molar-refractivity contribution in [2.75, 3.05) is 0 Å². The number of primary amides is 1. The van der Waals surface area contributed by atoms with E-state index in [2.05, 4.69) is 15.4 Å². The molecule has 0 saturated carbocycles. The van der Waals surface area contributed by atoms with Crippen LogP contribution in [0.1, 0.15) is 59.6 Å². The molecule has 5 rings (SSSR count). The van der Waals surface area contributed by atoms with E-state index in [9.17, 15) is 41.0 Å².